The quantitative estimate of drug-likeness (QED) is 0.567. The lowest BCUT2D eigenvalue weighted by Crippen LogP contribution is -2.65. The summed E-state index contributed by atoms with van der Waals surface area (Å²) in [6.45, 7) is 2.14. The summed E-state index contributed by atoms with van der Waals surface area (Å²) >= 11 is 0. The van der Waals surface area contributed by atoms with Crippen molar-refractivity contribution in [2.75, 3.05) is 0 Å². The monoisotopic (exact) mass is 265 g/mol. The number of hydrogen-bond donors (Lipinski definition) is 0. The highest BCUT2D eigenvalue weighted by molar-refractivity contribution is 8.12. The molecule has 2 aliphatic rings. The van der Waals surface area contributed by atoms with E-state index in [1.54, 1.807) is 0 Å². The van der Waals surface area contributed by atoms with Crippen LogP contribution < -0.4 is 0 Å². The maximum absolute atomic E-state index is 11.4. The van der Waals surface area contributed by atoms with Crippen molar-refractivity contribution in [3.8, 4) is 0 Å². The van der Waals surface area contributed by atoms with Crippen molar-refractivity contribution in [2.45, 2.75) is 51.0 Å². The molecule has 4 nitrogen and oxygen atoms in total. The molecule has 1 aliphatic heterocycles. The Hall–Kier alpha value is -0.290. The third-order valence-corrected chi connectivity index (χ3v) is 5.41. The fraction of sp³-hybridized carbons (Fsp3) is 0.900. The summed E-state index contributed by atoms with van der Waals surface area (Å²) in [7, 11) is 1.41. The molecule has 0 bridgehead atoms. The molecule has 1 amide bonds. The molecule has 1 heterocycles. The molecule has 0 aromatic rings. The molecule has 0 radical (unpaired) electrons. The lowest BCUT2D eigenvalue weighted by molar-refractivity contribution is -0.148. The van der Waals surface area contributed by atoms with Gasteiger partial charge in [0.15, 0.2) is 0 Å². The Balaban J connectivity index is 2.14. The van der Waals surface area contributed by atoms with Crippen molar-refractivity contribution in [3.05, 3.63) is 0 Å². The normalized spacial score (nSPS) is 35.2. The van der Waals surface area contributed by atoms with E-state index in [0.717, 1.165) is 36.4 Å². The van der Waals surface area contributed by atoms with E-state index in [1.165, 1.54) is 0 Å². The molecule has 0 aromatic heterocycles. The van der Waals surface area contributed by atoms with Gasteiger partial charge in [-0.2, -0.15) is 8.42 Å². The zero-order chi connectivity index (χ0) is 12.0. The fourth-order valence-electron chi connectivity index (χ4n) is 2.95. The Morgan fingerprint density at radius 3 is 2.38 bits per heavy atom. The lowest BCUT2D eigenvalue weighted by atomic mass is 9.70. The highest BCUT2D eigenvalue weighted by atomic mass is 35.7. The molecule has 0 atom stereocenters. The van der Waals surface area contributed by atoms with Crippen LogP contribution in [0, 0.1) is 5.92 Å². The number of hydrogen-bond acceptors (Lipinski definition) is 3. The molecule has 16 heavy (non-hydrogen) atoms. The maximum Gasteiger partial charge on any atom is 0.324 e. The molecule has 0 N–H and O–H groups in total. The molecule has 92 valence electrons. The molecular weight excluding hydrogens is 250 g/mol. The molecule has 2 fully saturated rings. The predicted molar refractivity (Wildman–Crippen MR) is 61.2 cm³/mol. The van der Waals surface area contributed by atoms with Crippen LogP contribution in [-0.4, -0.2) is 24.2 Å². The van der Waals surface area contributed by atoms with Gasteiger partial charge in [-0.1, -0.05) is 13.3 Å². The Kier molecular flexibility index (Phi) is 2.95. The number of nitrogens with zero attached hydrogens (tertiary/aromatic N) is 1. The topological polar surface area (TPSA) is 54.5 Å². The van der Waals surface area contributed by atoms with Gasteiger partial charge in [0, 0.05) is 10.7 Å². The van der Waals surface area contributed by atoms with E-state index in [1.807, 2.05) is 0 Å². The first kappa shape index (κ1) is 12.2. The van der Waals surface area contributed by atoms with Crippen molar-refractivity contribution < 1.29 is 13.2 Å². The van der Waals surface area contributed by atoms with Crippen LogP contribution in [0.3, 0.4) is 0 Å². The van der Waals surface area contributed by atoms with Gasteiger partial charge in [-0.05, 0) is 31.6 Å². The van der Waals surface area contributed by atoms with Crippen LogP contribution in [0.15, 0.2) is 0 Å². The average Bonchev–Trinajstić information content (AvgIpc) is 2.15. The average molecular weight is 266 g/mol. The van der Waals surface area contributed by atoms with Gasteiger partial charge in [-0.15, -0.1) is 0 Å². The second-order valence-corrected chi connectivity index (χ2v) is 7.21. The standard InChI is InChI=1S/C10H16ClNO3S/c1-2-8-3-5-10(6-4-8)7-9(13)12(10)16(11,14)15/h8H,2-7H2,1H3. The van der Waals surface area contributed by atoms with Crippen LogP contribution in [0.4, 0.5) is 0 Å². The lowest BCUT2D eigenvalue weighted by Gasteiger charge is -2.52. The van der Waals surface area contributed by atoms with Crippen LogP contribution in [0.2, 0.25) is 0 Å². The van der Waals surface area contributed by atoms with Gasteiger partial charge < -0.3 is 0 Å². The van der Waals surface area contributed by atoms with E-state index in [2.05, 4.69) is 6.92 Å². The Morgan fingerprint density at radius 2 is 2.00 bits per heavy atom. The molecule has 1 spiro atoms. The van der Waals surface area contributed by atoms with Gasteiger partial charge >= 0.3 is 9.24 Å². The summed E-state index contributed by atoms with van der Waals surface area (Å²) in [4.78, 5) is 11.4. The molecule has 2 rings (SSSR count). The van der Waals surface area contributed by atoms with Gasteiger partial charge in [0.25, 0.3) is 0 Å². The van der Waals surface area contributed by atoms with Gasteiger partial charge in [0.1, 0.15) is 0 Å². The van der Waals surface area contributed by atoms with Crippen LogP contribution in [0.5, 0.6) is 0 Å². The highest BCUT2D eigenvalue weighted by Gasteiger charge is 2.56. The first-order valence-electron chi connectivity index (χ1n) is 5.67. The van der Waals surface area contributed by atoms with E-state index in [4.69, 9.17) is 10.7 Å². The largest absolute Gasteiger partial charge is 0.324 e. The second-order valence-electron chi connectivity index (χ2n) is 4.85. The summed E-state index contributed by atoms with van der Waals surface area (Å²) in [5, 5.41) is 0. The Bertz CT molecular complexity index is 398. The third-order valence-electron chi connectivity index (χ3n) is 3.97. The minimum atomic E-state index is -3.89. The van der Waals surface area contributed by atoms with Crippen molar-refractivity contribution >= 4 is 25.8 Å². The summed E-state index contributed by atoms with van der Waals surface area (Å²) < 4.78 is 23.5. The molecule has 1 saturated heterocycles. The second kappa shape index (κ2) is 3.88. The van der Waals surface area contributed by atoms with Crippen molar-refractivity contribution in [2.24, 2.45) is 5.92 Å². The molecule has 0 aromatic carbocycles. The Morgan fingerprint density at radius 1 is 1.44 bits per heavy atom. The van der Waals surface area contributed by atoms with E-state index in [9.17, 15) is 13.2 Å². The van der Waals surface area contributed by atoms with E-state index < -0.39 is 14.8 Å². The van der Waals surface area contributed by atoms with Crippen molar-refractivity contribution in [1.29, 1.82) is 0 Å². The van der Waals surface area contributed by atoms with Gasteiger partial charge in [0.05, 0.1) is 12.0 Å². The number of carbonyl (C=O) groups is 1. The zero-order valence-corrected chi connectivity index (χ0v) is 10.9. The smallest absolute Gasteiger partial charge is 0.274 e. The summed E-state index contributed by atoms with van der Waals surface area (Å²) in [5.74, 6) is 0.311. The van der Waals surface area contributed by atoms with Crippen molar-refractivity contribution in [3.63, 3.8) is 0 Å². The van der Waals surface area contributed by atoms with Crippen LogP contribution in [-0.2, 0) is 14.0 Å². The highest BCUT2D eigenvalue weighted by Crippen LogP contribution is 2.48. The van der Waals surface area contributed by atoms with Crippen molar-refractivity contribution in [1.82, 2.24) is 4.31 Å². The molecular formula is C10H16ClNO3S. The van der Waals surface area contributed by atoms with E-state index >= 15 is 0 Å². The third kappa shape index (κ3) is 1.84. The number of β-lactam (4-membered cyclic amide) rings is 1. The van der Waals surface area contributed by atoms with E-state index in [-0.39, 0.29) is 5.91 Å². The van der Waals surface area contributed by atoms with Crippen LogP contribution >= 0.6 is 10.7 Å². The van der Waals surface area contributed by atoms with Crippen LogP contribution in [0.25, 0.3) is 0 Å². The minimum Gasteiger partial charge on any atom is -0.274 e. The number of carbonyl (C=O) groups excluding carboxylic acids is 1. The molecule has 1 saturated carbocycles. The molecule has 1 aliphatic carbocycles. The Labute approximate surface area is 101 Å². The van der Waals surface area contributed by atoms with E-state index in [0.29, 0.717) is 12.3 Å². The molecule has 6 heteroatoms. The predicted octanol–water partition coefficient (Wildman–Crippen LogP) is 2.04. The number of rotatable bonds is 2. The summed E-state index contributed by atoms with van der Waals surface area (Å²) in [6.07, 6.45) is 4.98. The first-order valence-corrected chi connectivity index (χ1v) is 7.93. The zero-order valence-electron chi connectivity index (χ0n) is 9.28. The summed E-state index contributed by atoms with van der Waals surface area (Å²) in [6, 6.07) is 0. The fourth-order valence-corrected chi connectivity index (χ4v) is 4.64. The maximum atomic E-state index is 11.4. The van der Waals surface area contributed by atoms with Gasteiger partial charge in [-0.3, -0.25) is 4.79 Å². The van der Waals surface area contributed by atoms with Gasteiger partial charge in [-0.25, -0.2) is 4.31 Å². The number of halogens is 1. The first-order chi connectivity index (χ1) is 7.39. The van der Waals surface area contributed by atoms with Crippen LogP contribution in [0.1, 0.15) is 45.4 Å². The SMILES string of the molecule is CCC1CCC2(CC1)CC(=O)N2S(=O)(=O)Cl. The molecule has 0 unspecified atom stereocenters. The summed E-state index contributed by atoms with van der Waals surface area (Å²) in [5.41, 5.74) is -0.483. The van der Waals surface area contributed by atoms with Gasteiger partial charge in [0.2, 0.25) is 5.91 Å². The number of amides is 1. The minimum absolute atomic E-state index is 0.343.